The van der Waals surface area contributed by atoms with Gasteiger partial charge in [0.2, 0.25) is 5.91 Å². The predicted molar refractivity (Wildman–Crippen MR) is 168 cm³/mol. The van der Waals surface area contributed by atoms with Gasteiger partial charge in [-0.25, -0.2) is 0 Å². The van der Waals surface area contributed by atoms with E-state index in [1.165, 1.54) is 0 Å². The number of hydrogen-bond acceptors (Lipinski definition) is 4. The standard InChI is InChI=1S/C36H39N3O3/c1-2-32(27-15-7-3-8-16-27)38-26-34(40)39(35(28-17-9-4-10-18-28)29-19-11-5-12-20-29)33-22-21-30(25-31(33)36(38)41)42-24-14-6-13-23-37/h3-5,7-12,15-22,25,32,35H,2,6,13-14,23-24,26,37H2,1H3. The molecule has 6 heteroatoms. The summed E-state index contributed by atoms with van der Waals surface area (Å²) >= 11 is 0. The fourth-order valence-electron chi connectivity index (χ4n) is 5.79. The Hall–Kier alpha value is -4.42. The number of carbonyl (C=O) groups excluding carboxylic acids is 2. The van der Waals surface area contributed by atoms with Gasteiger partial charge in [-0.15, -0.1) is 0 Å². The Morgan fingerprint density at radius 2 is 1.36 bits per heavy atom. The van der Waals surface area contributed by atoms with Gasteiger partial charge < -0.3 is 15.4 Å². The molecule has 1 aliphatic rings. The molecule has 216 valence electrons. The highest BCUT2D eigenvalue weighted by Crippen LogP contribution is 2.40. The first kappa shape index (κ1) is 29.1. The first-order valence-corrected chi connectivity index (χ1v) is 14.9. The number of ether oxygens (including phenoxy) is 1. The van der Waals surface area contributed by atoms with Crippen LogP contribution in [0.2, 0.25) is 0 Å². The monoisotopic (exact) mass is 561 g/mol. The number of nitrogens with zero attached hydrogens (tertiary/aromatic N) is 2. The van der Waals surface area contributed by atoms with Crippen LogP contribution >= 0.6 is 0 Å². The summed E-state index contributed by atoms with van der Waals surface area (Å²) in [5, 5.41) is 0. The van der Waals surface area contributed by atoms with Crippen LogP contribution in [0.4, 0.5) is 5.69 Å². The average Bonchev–Trinajstić information content (AvgIpc) is 3.13. The van der Waals surface area contributed by atoms with Crippen molar-refractivity contribution >= 4 is 17.5 Å². The van der Waals surface area contributed by atoms with E-state index in [1.807, 2.05) is 109 Å². The van der Waals surface area contributed by atoms with Crippen LogP contribution in [-0.4, -0.2) is 36.4 Å². The van der Waals surface area contributed by atoms with Gasteiger partial charge in [0.25, 0.3) is 5.91 Å². The molecule has 0 aliphatic carbocycles. The molecule has 5 rings (SSSR count). The summed E-state index contributed by atoms with van der Waals surface area (Å²) in [6.07, 6.45) is 3.50. The summed E-state index contributed by atoms with van der Waals surface area (Å²) in [6, 6.07) is 34.8. The van der Waals surface area contributed by atoms with Crippen molar-refractivity contribution in [1.82, 2.24) is 4.90 Å². The highest BCUT2D eigenvalue weighted by Gasteiger charge is 2.39. The van der Waals surface area contributed by atoms with Crippen LogP contribution in [0.5, 0.6) is 5.75 Å². The van der Waals surface area contributed by atoms with Crippen molar-refractivity contribution in [2.24, 2.45) is 5.73 Å². The van der Waals surface area contributed by atoms with E-state index >= 15 is 0 Å². The minimum Gasteiger partial charge on any atom is -0.494 e. The van der Waals surface area contributed by atoms with Gasteiger partial charge in [0.05, 0.1) is 29.9 Å². The molecule has 0 fully saturated rings. The van der Waals surface area contributed by atoms with E-state index in [-0.39, 0.29) is 24.4 Å². The quantitative estimate of drug-likeness (QED) is 0.191. The van der Waals surface area contributed by atoms with Gasteiger partial charge in [-0.3, -0.25) is 14.5 Å². The zero-order chi connectivity index (χ0) is 29.3. The molecule has 42 heavy (non-hydrogen) atoms. The molecule has 2 amide bonds. The van der Waals surface area contributed by atoms with Gasteiger partial charge >= 0.3 is 0 Å². The average molecular weight is 562 g/mol. The number of rotatable bonds is 12. The molecule has 0 saturated heterocycles. The highest BCUT2D eigenvalue weighted by molar-refractivity contribution is 6.10. The maximum atomic E-state index is 14.4. The lowest BCUT2D eigenvalue weighted by molar-refractivity contribution is -0.120. The number of nitrogens with two attached hydrogens (primary N) is 1. The summed E-state index contributed by atoms with van der Waals surface area (Å²) < 4.78 is 6.09. The molecule has 4 aromatic carbocycles. The summed E-state index contributed by atoms with van der Waals surface area (Å²) in [6.45, 7) is 3.22. The lowest BCUT2D eigenvalue weighted by Crippen LogP contribution is -2.42. The van der Waals surface area contributed by atoms with Gasteiger partial charge in [0.15, 0.2) is 0 Å². The highest BCUT2D eigenvalue weighted by atomic mass is 16.5. The molecule has 1 atom stereocenters. The van der Waals surface area contributed by atoms with Crippen molar-refractivity contribution in [2.75, 3.05) is 24.6 Å². The Morgan fingerprint density at radius 3 is 1.93 bits per heavy atom. The first-order valence-electron chi connectivity index (χ1n) is 14.9. The van der Waals surface area contributed by atoms with Crippen molar-refractivity contribution < 1.29 is 14.3 Å². The third-order valence-electron chi connectivity index (χ3n) is 7.85. The second-order valence-corrected chi connectivity index (χ2v) is 10.6. The number of carbonyl (C=O) groups is 2. The molecule has 0 aromatic heterocycles. The molecule has 6 nitrogen and oxygen atoms in total. The predicted octanol–water partition coefficient (Wildman–Crippen LogP) is 6.92. The second-order valence-electron chi connectivity index (χ2n) is 10.6. The van der Waals surface area contributed by atoms with Gasteiger partial charge in [-0.1, -0.05) is 97.9 Å². The van der Waals surface area contributed by atoms with Gasteiger partial charge in [-0.2, -0.15) is 0 Å². The Bertz CT molecular complexity index is 1420. The van der Waals surface area contributed by atoms with Crippen molar-refractivity contribution in [3.8, 4) is 5.75 Å². The summed E-state index contributed by atoms with van der Waals surface area (Å²) in [4.78, 5) is 32.4. The zero-order valence-corrected chi connectivity index (χ0v) is 24.2. The molecule has 0 radical (unpaired) electrons. The van der Waals surface area contributed by atoms with E-state index in [1.54, 1.807) is 9.80 Å². The second kappa shape index (κ2) is 14.0. The lowest BCUT2D eigenvalue weighted by atomic mass is 9.95. The van der Waals surface area contributed by atoms with Crippen LogP contribution in [0.3, 0.4) is 0 Å². The fourth-order valence-corrected chi connectivity index (χ4v) is 5.79. The van der Waals surface area contributed by atoms with Crippen LogP contribution in [-0.2, 0) is 4.79 Å². The number of unbranched alkanes of at least 4 members (excludes halogenated alkanes) is 2. The number of anilines is 1. The van der Waals surface area contributed by atoms with Gasteiger partial charge in [0.1, 0.15) is 12.3 Å². The van der Waals surface area contributed by atoms with E-state index in [0.29, 0.717) is 36.6 Å². The molecule has 1 unspecified atom stereocenters. The molecule has 4 aromatic rings. The molecule has 0 bridgehead atoms. The maximum absolute atomic E-state index is 14.4. The van der Waals surface area contributed by atoms with Crippen LogP contribution < -0.4 is 15.4 Å². The van der Waals surface area contributed by atoms with E-state index in [2.05, 4.69) is 6.92 Å². The third kappa shape index (κ3) is 6.39. The van der Waals surface area contributed by atoms with Crippen molar-refractivity contribution in [2.45, 2.75) is 44.7 Å². The minimum absolute atomic E-state index is 0.0354. The normalized spacial score (nSPS) is 14.1. The SMILES string of the molecule is CCC(c1ccccc1)N1CC(=O)N(C(c2ccccc2)c2ccccc2)c2ccc(OCCCCCN)cc2C1=O. The number of fused-ring (bicyclic) bond motifs is 1. The maximum Gasteiger partial charge on any atom is 0.257 e. The first-order chi connectivity index (χ1) is 20.6. The summed E-state index contributed by atoms with van der Waals surface area (Å²) in [7, 11) is 0. The van der Waals surface area contributed by atoms with Crippen LogP contribution in [0.15, 0.2) is 109 Å². The van der Waals surface area contributed by atoms with Crippen LogP contribution in [0.1, 0.15) is 71.7 Å². The van der Waals surface area contributed by atoms with Crippen molar-refractivity contribution in [3.05, 3.63) is 131 Å². The Morgan fingerprint density at radius 1 is 0.762 bits per heavy atom. The molecular formula is C36H39N3O3. The molecule has 0 saturated carbocycles. The van der Waals surface area contributed by atoms with Crippen molar-refractivity contribution in [1.29, 1.82) is 0 Å². The van der Waals surface area contributed by atoms with Gasteiger partial charge in [0, 0.05) is 0 Å². The zero-order valence-electron chi connectivity index (χ0n) is 24.2. The summed E-state index contributed by atoms with van der Waals surface area (Å²) in [5.74, 6) is 0.308. The van der Waals surface area contributed by atoms with Crippen LogP contribution in [0.25, 0.3) is 0 Å². The fraction of sp³-hybridized carbons (Fsp3) is 0.278. The molecular weight excluding hydrogens is 522 g/mol. The molecule has 1 aliphatic heterocycles. The van der Waals surface area contributed by atoms with E-state index in [0.717, 1.165) is 36.0 Å². The number of amides is 2. The number of benzene rings is 4. The Labute approximate surface area is 248 Å². The third-order valence-corrected chi connectivity index (χ3v) is 7.85. The number of hydrogen-bond donors (Lipinski definition) is 1. The molecule has 2 N–H and O–H groups in total. The largest absolute Gasteiger partial charge is 0.494 e. The van der Waals surface area contributed by atoms with Crippen molar-refractivity contribution in [3.63, 3.8) is 0 Å². The van der Waals surface area contributed by atoms with Crippen LogP contribution in [0, 0.1) is 0 Å². The Kier molecular flexibility index (Phi) is 9.67. The summed E-state index contributed by atoms with van der Waals surface area (Å²) in [5.41, 5.74) is 9.64. The van der Waals surface area contributed by atoms with E-state index in [4.69, 9.17) is 10.5 Å². The van der Waals surface area contributed by atoms with E-state index in [9.17, 15) is 9.59 Å². The lowest BCUT2D eigenvalue weighted by Gasteiger charge is -2.33. The van der Waals surface area contributed by atoms with E-state index < -0.39 is 6.04 Å². The smallest absolute Gasteiger partial charge is 0.257 e. The molecule has 0 spiro atoms. The Balaban J connectivity index is 1.62. The topological polar surface area (TPSA) is 75.9 Å². The minimum atomic E-state index is -0.411. The van der Waals surface area contributed by atoms with Gasteiger partial charge in [-0.05, 0) is 67.1 Å². The molecule has 1 heterocycles.